The highest BCUT2D eigenvalue weighted by atomic mass is 19.1. The first-order valence-corrected chi connectivity index (χ1v) is 11.2. The molecule has 1 N–H and O–H groups in total. The number of amides is 1. The van der Waals surface area contributed by atoms with E-state index in [-0.39, 0.29) is 12.3 Å². The molecule has 0 saturated heterocycles. The fraction of sp³-hybridized carbons (Fsp3) is 0.480. The molecule has 8 nitrogen and oxygen atoms in total. The Balaban J connectivity index is 1.83. The fourth-order valence-corrected chi connectivity index (χ4v) is 3.79. The van der Waals surface area contributed by atoms with Gasteiger partial charge in [-0.1, -0.05) is 43.3 Å². The Morgan fingerprint density at radius 2 is 1.91 bits per heavy atom. The Kier molecular flexibility index (Phi) is 7.33. The predicted molar refractivity (Wildman–Crippen MR) is 125 cm³/mol. The Morgan fingerprint density at radius 1 is 1.21 bits per heavy atom. The van der Waals surface area contributed by atoms with Crippen LogP contribution in [-0.4, -0.2) is 52.3 Å². The van der Waals surface area contributed by atoms with Gasteiger partial charge in [-0.05, 0) is 32.2 Å². The molecule has 182 valence electrons. The van der Waals surface area contributed by atoms with E-state index in [4.69, 9.17) is 9.57 Å². The first-order chi connectivity index (χ1) is 16.0. The Bertz CT molecular complexity index is 1120. The molecule has 2 heterocycles. The number of alkyl halides is 1. The number of benzene rings is 1. The molecule has 1 unspecified atom stereocenters. The van der Waals surface area contributed by atoms with Crippen LogP contribution in [0, 0.1) is 5.92 Å². The van der Waals surface area contributed by atoms with Crippen molar-refractivity contribution in [3.8, 4) is 0 Å². The van der Waals surface area contributed by atoms with Gasteiger partial charge in [-0.2, -0.15) is 0 Å². The van der Waals surface area contributed by atoms with Crippen molar-refractivity contribution in [2.45, 2.75) is 64.7 Å². The van der Waals surface area contributed by atoms with Gasteiger partial charge in [-0.3, -0.25) is 19.4 Å². The molecule has 0 saturated carbocycles. The third-order valence-electron chi connectivity index (χ3n) is 5.63. The zero-order valence-electron chi connectivity index (χ0n) is 20.1. The normalized spacial score (nSPS) is 18.9. The number of carbonyl (C=O) groups is 3. The van der Waals surface area contributed by atoms with Gasteiger partial charge in [-0.15, -0.1) is 0 Å². The van der Waals surface area contributed by atoms with Crippen molar-refractivity contribution >= 4 is 34.1 Å². The van der Waals surface area contributed by atoms with Crippen LogP contribution in [0.3, 0.4) is 0 Å². The number of nitrogens with one attached hydrogen (secondary N) is 1. The molecule has 2 aromatic rings. The quantitative estimate of drug-likeness (QED) is 0.591. The molecule has 1 amide bonds. The summed E-state index contributed by atoms with van der Waals surface area (Å²) in [7, 11) is 0. The Morgan fingerprint density at radius 3 is 2.56 bits per heavy atom. The van der Waals surface area contributed by atoms with E-state index in [1.165, 1.54) is 0 Å². The lowest BCUT2D eigenvalue weighted by Crippen LogP contribution is -2.56. The summed E-state index contributed by atoms with van der Waals surface area (Å²) >= 11 is 0. The third-order valence-corrected chi connectivity index (χ3v) is 5.63. The SMILES string of the molecule is CC(C)[C@@]1(C(=O)NC(CC(=O)OC(C)(C)C)C(=O)CF)CC(c2nccc3ccccc23)=NO1. The van der Waals surface area contributed by atoms with E-state index in [0.717, 1.165) is 10.8 Å². The molecule has 1 aromatic heterocycles. The molecular weight excluding hydrogens is 441 g/mol. The van der Waals surface area contributed by atoms with Gasteiger partial charge in [0, 0.05) is 23.9 Å². The standard InChI is InChI=1S/C25H30FN3O5/c1-15(2)25(23(32)28-18(20(30)14-26)12-21(31)33-24(3,4)5)13-19(29-34-25)22-17-9-7-6-8-16(17)10-11-27-22/h6-11,15,18H,12-14H2,1-5H3,(H,28,32)/t18?,25-/m1/s1. The molecule has 34 heavy (non-hydrogen) atoms. The third kappa shape index (κ3) is 5.40. The van der Waals surface area contributed by atoms with Crippen LogP contribution >= 0.6 is 0 Å². The first-order valence-electron chi connectivity index (χ1n) is 11.2. The van der Waals surface area contributed by atoms with Crippen molar-refractivity contribution in [3.63, 3.8) is 0 Å². The van der Waals surface area contributed by atoms with Crippen molar-refractivity contribution in [2.24, 2.45) is 11.1 Å². The number of rotatable bonds is 8. The molecule has 9 heteroatoms. The number of hydrogen-bond donors (Lipinski definition) is 1. The molecular formula is C25H30FN3O5. The van der Waals surface area contributed by atoms with Crippen molar-refractivity contribution < 1.29 is 28.3 Å². The molecule has 1 aliphatic heterocycles. The smallest absolute Gasteiger partial charge is 0.308 e. The van der Waals surface area contributed by atoms with Crippen LogP contribution in [-0.2, 0) is 24.0 Å². The van der Waals surface area contributed by atoms with Crippen molar-refractivity contribution in [3.05, 3.63) is 42.2 Å². The second-order valence-corrected chi connectivity index (χ2v) is 9.65. The highest BCUT2D eigenvalue weighted by Gasteiger charge is 2.51. The summed E-state index contributed by atoms with van der Waals surface area (Å²) in [5.41, 5.74) is -1.15. The second-order valence-electron chi connectivity index (χ2n) is 9.65. The molecule has 0 radical (unpaired) electrons. The van der Waals surface area contributed by atoms with E-state index in [9.17, 15) is 18.8 Å². The van der Waals surface area contributed by atoms with Crippen molar-refractivity contribution in [2.75, 3.05) is 6.67 Å². The summed E-state index contributed by atoms with van der Waals surface area (Å²) < 4.78 is 18.5. The molecule has 0 spiro atoms. The first kappa shape index (κ1) is 25.3. The van der Waals surface area contributed by atoms with Crippen molar-refractivity contribution in [1.29, 1.82) is 0 Å². The van der Waals surface area contributed by atoms with Crippen LogP contribution in [0.1, 0.15) is 53.2 Å². The number of nitrogens with zero attached hydrogens (tertiary/aromatic N) is 2. The van der Waals surface area contributed by atoms with Crippen LogP contribution in [0.15, 0.2) is 41.7 Å². The lowest BCUT2D eigenvalue weighted by Gasteiger charge is -2.31. The number of aromatic nitrogens is 1. The number of ketones is 1. The second kappa shape index (κ2) is 9.87. The van der Waals surface area contributed by atoms with Gasteiger partial charge < -0.3 is 14.9 Å². The average molecular weight is 472 g/mol. The molecule has 3 rings (SSSR count). The maximum Gasteiger partial charge on any atom is 0.308 e. The number of Topliss-reactive ketones (excluding diaryl/α,β-unsaturated/α-hetero) is 1. The van der Waals surface area contributed by atoms with Gasteiger partial charge in [0.2, 0.25) is 5.60 Å². The van der Waals surface area contributed by atoms with Crippen molar-refractivity contribution in [1.82, 2.24) is 10.3 Å². The minimum absolute atomic E-state index is 0.0977. The Hall–Kier alpha value is -3.36. The zero-order chi connectivity index (χ0) is 25.1. The summed E-state index contributed by atoms with van der Waals surface area (Å²) in [5.74, 6) is -2.65. The molecule has 0 aliphatic carbocycles. The lowest BCUT2D eigenvalue weighted by atomic mass is 9.83. The molecule has 2 atom stereocenters. The number of ether oxygens (including phenoxy) is 1. The lowest BCUT2D eigenvalue weighted by molar-refractivity contribution is -0.158. The molecule has 1 aliphatic rings. The number of pyridine rings is 1. The van der Waals surface area contributed by atoms with Crippen LogP contribution in [0.5, 0.6) is 0 Å². The highest BCUT2D eigenvalue weighted by molar-refractivity contribution is 6.12. The van der Waals surface area contributed by atoms with E-state index in [2.05, 4.69) is 15.5 Å². The monoisotopic (exact) mass is 471 g/mol. The van der Waals surface area contributed by atoms with Crippen LogP contribution in [0.4, 0.5) is 4.39 Å². The maximum atomic E-state index is 13.4. The predicted octanol–water partition coefficient (Wildman–Crippen LogP) is 3.51. The number of esters is 1. The van der Waals surface area contributed by atoms with Gasteiger partial charge in [0.1, 0.15) is 24.0 Å². The van der Waals surface area contributed by atoms with E-state index in [1.807, 2.05) is 30.3 Å². The van der Waals surface area contributed by atoms with Crippen LogP contribution in [0.25, 0.3) is 10.8 Å². The average Bonchev–Trinajstić information content (AvgIpc) is 3.23. The summed E-state index contributed by atoms with van der Waals surface area (Å²) in [6.07, 6.45) is 1.27. The van der Waals surface area contributed by atoms with E-state index in [1.54, 1.807) is 40.8 Å². The molecule has 1 aromatic carbocycles. The summed E-state index contributed by atoms with van der Waals surface area (Å²) in [5, 5.41) is 8.52. The van der Waals surface area contributed by atoms with Crippen LogP contribution in [0.2, 0.25) is 0 Å². The highest BCUT2D eigenvalue weighted by Crippen LogP contribution is 2.35. The van der Waals surface area contributed by atoms with Crippen LogP contribution < -0.4 is 5.32 Å². The summed E-state index contributed by atoms with van der Waals surface area (Å²) in [6, 6.07) is 8.15. The van der Waals surface area contributed by atoms with Gasteiger partial charge in [0.15, 0.2) is 5.78 Å². The van der Waals surface area contributed by atoms with E-state index >= 15 is 0 Å². The summed E-state index contributed by atoms with van der Waals surface area (Å²) in [6.45, 7) is 7.27. The number of carbonyl (C=O) groups excluding carboxylic acids is 3. The van der Waals surface area contributed by atoms with Gasteiger partial charge >= 0.3 is 5.97 Å². The zero-order valence-corrected chi connectivity index (χ0v) is 20.1. The fourth-order valence-electron chi connectivity index (χ4n) is 3.79. The minimum atomic E-state index is -1.45. The number of oxime groups is 1. The molecule has 0 bridgehead atoms. The topological polar surface area (TPSA) is 107 Å². The maximum absolute atomic E-state index is 13.4. The number of halogens is 1. The largest absolute Gasteiger partial charge is 0.460 e. The van der Waals surface area contributed by atoms with Gasteiger partial charge in [0.05, 0.1) is 12.1 Å². The minimum Gasteiger partial charge on any atom is -0.460 e. The number of hydrogen-bond acceptors (Lipinski definition) is 7. The molecule has 0 fully saturated rings. The summed E-state index contributed by atoms with van der Waals surface area (Å²) in [4.78, 5) is 48.0. The van der Waals surface area contributed by atoms with Gasteiger partial charge in [-0.25, -0.2) is 4.39 Å². The van der Waals surface area contributed by atoms with E-state index < -0.39 is 48.0 Å². The van der Waals surface area contributed by atoms with Gasteiger partial charge in [0.25, 0.3) is 5.91 Å². The Labute approximate surface area is 197 Å². The number of fused-ring (bicyclic) bond motifs is 1. The van der Waals surface area contributed by atoms with E-state index in [0.29, 0.717) is 11.4 Å².